The van der Waals surface area contributed by atoms with Crippen molar-refractivity contribution in [3.05, 3.63) is 0 Å². The van der Waals surface area contributed by atoms with Gasteiger partial charge >= 0.3 is 0 Å². The van der Waals surface area contributed by atoms with Gasteiger partial charge < -0.3 is 10.1 Å². The average molecular weight is 242 g/mol. The first kappa shape index (κ1) is 14.9. The fourth-order valence-corrected chi connectivity index (χ4v) is 2.44. The normalized spacial score (nSPS) is 18.9. The molecule has 1 aliphatic rings. The third-order valence-electron chi connectivity index (χ3n) is 4.01. The number of hydrogen-bond donors (Lipinski definition) is 1. The molecule has 1 aliphatic heterocycles. The molecule has 0 unspecified atom stereocenters. The Balaban J connectivity index is 2.27. The summed E-state index contributed by atoms with van der Waals surface area (Å²) in [6.07, 6.45) is 2.56. The zero-order chi connectivity index (χ0) is 12.7. The Kier molecular flexibility index (Phi) is 6.45. The number of nitrogens with zero attached hydrogens (tertiary/aromatic N) is 1. The van der Waals surface area contributed by atoms with Gasteiger partial charge in [0.15, 0.2) is 0 Å². The van der Waals surface area contributed by atoms with Crippen molar-refractivity contribution in [2.75, 3.05) is 39.4 Å². The minimum absolute atomic E-state index is 0.246. The Morgan fingerprint density at radius 3 is 2.29 bits per heavy atom. The fraction of sp³-hybridized carbons (Fsp3) is 1.00. The van der Waals surface area contributed by atoms with E-state index in [0.717, 1.165) is 45.3 Å². The minimum Gasteiger partial charge on any atom is -0.379 e. The van der Waals surface area contributed by atoms with Crippen molar-refractivity contribution in [1.29, 1.82) is 0 Å². The van der Waals surface area contributed by atoms with E-state index in [-0.39, 0.29) is 5.54 Å². The van der Waals surface area contributed by atoms with Crippen molar-refractivity contribution in [3.8, 4) is 0 Å². The van der Waals surface area contributed by atoms with E-state index in [9.17, 15) is 0 Å². The van der Waals surface area contributed by atoms with Gasteiger partial charge in [0.25, 0.3) is 0 Å². The second-order valence-electron chi connectivity index (χ2n) is 5.73. The number of hydrogen-bond acceptors (Lipinski definition) is 3. The number of morpholine rings is 1. The van der Waals surface area contributed by atoms with Crippen LogP contribution >= 0.6 is 0 Å². The van der Waals surface area contributed by atoms with E-state index in [1.807, 2.05) is 0 Å². The van der Waals surface area contributed by atoms with Crippen molar-refractivity contribution in [2.45, 2.75) is 46.1 Å². The summed E-state index contributed by atoms with van der Waals surface area (Å²) in [5, 5.41) is 3.64. The molecule has 0 aromatic heterocycles. The van der Waals surface area contributed by atoms with Gasteiger partial charge in [0.1, 0.15) is 0 Å². The quantitative estimate of drug-likeness (QED) is 0.740. The van der Waals surface area contributed by atoms with Crippen LogP contribution in [0, 0.1) is 5.92 Å². The second kappa shape index (κ2) is 7.34. The molecule has 17 heavy (non-hydrogen) atoms. The first-order valence-electron chi connectivity index (χ1n) is 7.13. The molecule has 1 fully saturated rings. The molecule has 3 nitrogen and oxygen atoms in total. The van der Waals surface area contributed by atoms with E-state index in [2.05, 4.69) is 37.9 Å². The highest BCUT2D eigenvalue weighted by Gasteiger charge is 2.27. The van der Waals surface area contributed by atoms with Crippen LogP contribution in [0.5, 0.6) is 0 Å². The lowest BCUT2D eigenvalue weighted by Gasteiger charge is -2.41. The molecule has 0 saturated carbocycles. The molecule has 0 aliphatic carbocycles. The van der Waals surface area contributed by atoms with Crippen molar-refractivity contribution in [1.82, 2.24) is 10.2 Å². The molecule has 0 aromatic rings. The summed E-state index contributed by atoms with van der Waals surface area (Å²) in [6, 6.07) is 0. The monoisotopic (exact) mass is 242 g/mol. The first-order valence-corrected chi connectivity index (χ1v) is 7.13. The largest absolute Gasteiger partial charge is 0.379 e. The zero-order valence-corrected chi connectivity index (χ0v) is 12.1. The molecular weight excluding hydrogens is 212 g/mol. The highest BCUT2D eigenvalue weighted by atomic mass is 16.5. The molecule has 0 bridgehead atoms. The summed E-state index contributed by atoms with van der Waals surface area (Å²) >= 11 is 0. The van der Waals surface area contributed by atoms with Crippen LogP contribution in [0.4, 0.5) is 0 Å². The van der Waals surface area contributed by atoms with E-state index in [0.29, 0.717) is 0 Å². The molecule has 1 saturated heterocycles. The lowest BCUT2D eigenvalue weighted by atomic mass is 10.00. The Morgan fingerprint density at radius 1 is 1.18 bits per heavy atom. The highest BCUT2D eigenvalue weighted by Crippen LogP contribution is 2.15. The summed E-state index contributed by atoms with van der Waals surface area (Å²) in [6.45, 7) is 15.4. The smallest absolute Gasteiger partial charge is 0.0594 e. The molecule has 0 spiro atoms. The van der Waals surface area contributed by atoms with Gasteiger partial charge in [-0.05, 0) is 26.3 Å². The number of nitrogens with one attached hydrogen (secondary N) is 1. The lowest BCUT2D eigenvalue weighted by molar-refractivity contribution is -0.00979. The highest BCUT2D eigenvalue weighted by molar-refractivity contribution is 4.85. The maximum atomic E-state index is 5.41. The number of rotatable bonds is 7. The molecule has 1 N–H and O–H groups in total. The summed E-state index contributed by atoms with van der Waals surface area (Å²) in [4.78, 5) is 2.54. The second-order valence-corrected chi connectivity index (χ2v) is 5.73. The van der Waals surface area contributed by atoms with Crippen LogP contribution in [0.3, 0.4) is 0 Å². The lowest BCUT2D eigenvalue weighted by Crippen LogP contribution is -2.55. The van der Waals surface area contributed by atoms with Crippen LogP contribution in [0.1, 0.15) is 40.5 Å². The molecule has 0 radical (unpaired) electrons. The van der Waals surface area contributed by atoms with Gasteiger partial charge in [0.05, 0.1) is 13.2 Å². The van der Waals surface area contributed by atoms with Crippen molar-refractivity contribution < 1.29 is 4.74 Å². The SMILES string of the molecule is CCC(CC)CNCC(C)(C)N1CCOCC1. The Hall–Kier alpha value is -0.120. The topological polar surface area (TPSA) is 24.5 Å². The van der Waals surface area contributed by atoms with Gasteiger partial charge in [0.2, 0.25) is 0 Å². The van der Waals surface area contributed by atoms with Gasteiger partial charge in [-0.25, -0.2) is 0 Å². The first-order chi connectivity index (χ1) is 8.10. The molecule has 1 heterocycles. The van der Waals surface area contributed by atoms with E-state index in [1.54, 1.807) is 0 Å². The summed E-state index contributed by atoms with van der Waals surface area (Å²) < 4.78 is 5.41. The van der Waals surface area contributed by atoms with Gasteiger partial charge in [-0.2, -0.15) is 0 Å². The van der Waals surface area contributed by atoms with Crippen molar-refractivity contribution in [3.63, 3.8) is 0 Å². The van der Waals surface area contributed by atoms with Gasteiger partial charge in [-0.1, -0.05) is 26.7 Å². The van der Waals surface area contributed by atoms with Crippen molar-refractivity contribution in [2.24, 2.45) is 5.92 Å². The van der Waals surface area contributed by atoms with E-state index < -0.39 is 0 Å². The van der Waals surface area contributed by atoms with Crippen LogP contribution in [-0.4, -0.2) is 49.8 Å². The molecule has 0 atom stereocenters. The third kappa shape index (κ3) is 4.94. The summed E-state index contributed by atoms with van der Waals surface area (Å²) in [7, 11) is 0. The molecule has 1 rings (SSSR count). The fourth-order valence-electron chi connectivity index (χ4n) is 2.44. The standard InChI is InChI=1S/C14H30N2O/c1-5-13(6-2)11-15-12-14(3,4)16-7-9-17-10-8-16/h13,15H,5-12H2,1-4H3. The predicted molar refractivity (Wildman–Crippen MR) is 73.4 cm³/mol. The van der Waals surface area contributed by atoms with E-state index in [1.165, 1.54) is 12.8 Å². The minimum atomic E-state index is 0.246. The van der Waals surface area contributed by atoms with Gasteiger partial charge in [-0.3, -0.25) is 4.90 Å². The molecule has 3 heteroatoms. The van der Waals surface area contributed by atoms with E-state index in [4.69, 9.17) is 4.74 Å². The zero-order valence-electron chi connectivity index (χ0n) is 12.1. The molecule has 0 amide bonds. The Morgan fingerprint density at radius 2 is 1.76 bits per heavy atom. The molecule has 102 valence electrons. The summed E-state index contributed by atoms with van der Waals surface area (Å²) in [5.74, 6) is 0.829. The van der Waals surface area contributed by atoms with Crippen molar-refractivity contribution >= 4 is 0 Å². The third-order valence-corrected chi connectivity index (χ3v) is 4.01. The van der Waals surface area contributed by atoms with Crippen LogP contribution in [0.2, 0.25) is 0 Å². The molecule has 0 aromatic carbocycles. The Labute approximate surface area is 107 Å². The van der Waals surface area contributed by atoms with Gasteiger partial charge in [-0.15, -0.1) is 0 Å². The maximum Gasteiger partial charge on any atom is 0.0594 e. The van der Waals surface area contributed by atoms with Crippen LogP contribution in [0.15, 0.2) is 0 Å². The van der Waals surface area contributed by atoms with Crippen LogP contribution < -0.4 is 5.32 Å². The Bertz CT molecular complexity index is 196. The van der Waals surface area contributed by atoms with E-state index >= 15 is 0 Å². The number of ether oxygens (including phenoxy) is 1. The van der Waals surface area contributed by atoms with Crippen LogP contribution in [-0.2, 0) is 4.74 Å². The summed E-state index contributed by atoms with van der Waals surface area (Å²) in [5.41, 5.74) is 0.246. The average Bonchev–Trinajstić information content (AvgIpc) is 2.36. The van der Waals surface area contributed by atoms with Crippen LogP contribution in [0.25, 0.3) is 0 Å². The predicted octanol–water partition coefficient (Wildman–Crippen LogP) is 2.12. The molecular formula is C14H30N2O. The van der Waals surface area contributed by atoms with Gasteiger partial charge in [0, 0.05) is 25.2 Å². The maximum absolute atomic E-state index is 5.41.